The number of amides is 1. The van der Waals surface area contributed by atoms with Gasteiger partial charge in [0.25, 0.3) is 5.91 Å². The molecule has 116 valence electrons. The van der Waals surface area contributed by atoms with E-state index in [4.69, 9.17) is 11.6 Å². The monoisotopic (exact) mass is 308 g/mol. The first-order valence-electron chi connectivity index (χ1n) is 7.81. The summed E-state index contributed by atoms with van der Waals surface area (Å²) >= 11 is 5.91. The van der Waals surface area contributed by atoms with Crippen LogP contribution in [0.25, 0.3) is 0 Å². The average Bonchev–Trinajstić information content (AvgIpc) is 2.41. The van der Waals surface area contributed by atoms with Crippen molar-refractivity contribution in [2.75, 3.05) is 26.2 Å². The highest BCUT2D eigenvalue weighted by molar-refractivity contribution is 6.30. The standard InChI is InChI=1S/C17H25ClN2O/c1-4-20(16(13(2)3)12-19-10-5-11-19)17(21)14-6-8-15(18)9-7-14/h6-9,13,16H,4-5,10-12H2,1-3H3. The van der Waals surface area contributed by atoms with Gasteiger partial charge in [0.1, 0.15) is 0 Å². The smallest absolute Gasteiger partial charge is 0.254 e. The Bertz CT molecular complexity index is 468. The molecular weight excluding hydrogens is 284 g/mol. The van der Waals surface area contributed by atoms with Gasteiger partial charge >= 0.3 is 0 Å². The normalized spacial score (nSPS) is 16.6. The molecule has 1 saturated heterocycles. The number of benzene rings is 1. The van der Waals surface area contributed by atoms with E-state index in [2.05, 4.69) is 25.7 Å². The van der Waals surface area contributed by atoms with Gasteiger partial charge in [0, 0.05) is 29.7 Å². The maximum atomic E-state index is 12.8. The van der Waals surface area contributed by atoms with Gasteiger partial charge in [0.05, 0.1) is 0 Å². The van der Waals surface area contributed by atoms with Crippen molar-refractivity contribution < 1.29 is 4.79 Å². The average molecular weight is 309 g/mol. The van der Waals surface area contributed by atoms with Crippen molar-refractivity contribution in [2.24, 2.45) is 5.92 Å². The molecule has 1 aliphatic heterocycles. The summed E-state index contributed by atoms with van der Waals surface area (Å²) in [5, 5.41) is 0.663. The number of hydrogen-bond donors (Lipinski definition) is 0. The van der Waals surface area contributed by atoms with E-state index in [1.807, 2.05) is 17.0 Å². The van der Waals surface area contributed by atoms with Gasteiger partial charge in [0.15, 0.2) is 0 Å². The molecule has 0 aromatic heterocycles. The van der Waals surface area contributed by atoms with Crippen molar-refractivity contribution in [3.63, 3.8) is 0 Å². The Balaban J connectivity index is 2.14. The molecule has 1 unspecified atom stereocenters. The van der Waals surface area contributed by atoms with Crippen LogP contribution >= 0.6 is 11.6 Å². The second kappa shape index (κ2) is 7.28. The minimum absolute atomic E-state index is 0.105. The topological polar surface area (TPSA) is 23.6 Å². The van der Waals surface area contributed by atoms with Crippen LogP contribution in [-0.4, -0.2) is 47.9 Å². The molecule has 0 aliphatic carbocycles. The first-order chi connectivity index (χ1) is 10.0. The lowest BCUT2D eigenvalue weighted by Crippen LogP contribution is -2.52. The Morgan fingerprint density at radius 1 is 1.29 bits per heavy atom. The van der Waals surface area contributed by atoms with Crippen LogP contribution in [0.15, 0.2) is 24.3 Å². The molecule has 3 nitrogen and oxygen atoms in total. The highest BCUT2D eigenvalue weighted by Crippen LogP contribution is 2.19. The number of halogens is 1. The van der Waals surface area contributed by atoms with Gasteiger partial charge in [-0.05, 0) is 56.6 Å². The molecule has 0 saturated carbocycles. The molecule has 0 bridgehead atoms. The van der Waals surface area contributed by atoms with Crippen LogP contribution in [-0.2, 0) is 0 Å². The fraction of sp³-hybridized carbons (Fsp3) is 0.588. The zero-order chi connectivity index (χ0) is 15.4. The third-order valence-corrected chi connectivity index (χ3v) is 4.51. The van der Waals surface area contributed by atoms with Gasteiger partial charge in [-0.2, -0.15) is 0 Å². The Morgan fingerprint density at radius 2 is 1.90 bits per heavy atom. The maximum Gasteiger partial charge on any atom is 0.254 e. The number of hydrogen-bond acceptors (Lipinski definition) is 2. The van der Waals surface area contributed by atoms with Crippen LogP contribution in [0.5, 0.6) is 0 Å². The fourth-order valence-corrected chi connectivity index (χ4v) is 2.91. The first-order valence-corrected chi connectivity index (χ1v) is 8.19. The molecule has 0 N–H and O–H groups in total. The predicted molar refractivity (Wildman–Crippen MR) is 87.8 cm³/mol. The Hall–Kier alpha value is -1.06. The van der Waals surface area contributed by atoms with Gasteiger partial charge in [-0.1, -0.05) is 25.4 Å². The van der Waals surface area contributed by atoms with Gasteiger partial charge < -0.3 is 9.80 Å². The Morgan fingerprint density at radius 3 is 2.33 bits per heavy atom. The van der Waals surface area contributed by atoms with Crippen molar-refractivity contribution in [3.05, 3.63) is 34.9 Å². The summed E-state index contributed by atoms with van der Waals surface area (Å²) in [4.78, 5) is 17.2. The number of likely N-dealkylation sites (N-methyl/N-ethyl adjacent to an activating group) is 1. The second-order valence-corrected chi connectivity index (χ2v) is 6.50. The summed E-state index contributed by atoms with van der Waals surface area (Å²) in [6.45, 7) is 10.5. The van der Waals surface area contributed by atoms with Crippen molar-refractivity contribution in [2.45, 2.75) is 33.2 Å². The molecule has 1 aliphatic rings. The van der Waals surface area contributed by atoms with Crippen LogP contribution in [0.1, 0.15) is 37.6 Å². The molecule has 1 aromatic rings. The van der Waals surface area contributed by atoms with E-state index >= 15 is 0 Å². The van der Waals surface area contributed by atoms with E-state index in [1.54, 1.807) is 12.1 Å². The summed E-state index contributed by atoms with van der Waals surface area (Å²) in [5.74, 6) is 0.551. The van der Waals surface area contributed by atoms with Gasteiger partial charge in [-0.25, -0.2) is 0 Å². The lowest BCUT2D eigenvalue weighted by molar-refractivity contribution is 0.0502. The summed E-state index contributed by atoms with van der Waals surface area (Å²) in [6.07, 6.45) is 1.28. The van der Waals surface area contributed by atoms with Crippen LogP contribution in [0.4, 0.5) is 0 Å². The van der Waals surface area contributed by atoms with Crippen LogP contribution in [0.2, 0.25) is 5.02 Å². The fourth-order valence-electron chi connectivity index (χ4n) is 2.79. The number of carbonyl (C=O) groups excluding carboxylic acids is 1. The van der Waals surface area contributed by atoms with Gasteiger partial charge in [-0.3, -0.25) is 4.79 Å². The van der Waals surface area contributed by atoms with E-state index in [-0.39, 0.29) is 11.9 Å². The SMILES string of the molecule is CCN(C(=O)c1ccc(Cl)cc1)C(CN1CCC1)C(C)C. The molecular formula is C17H25ClN2O. The molecule has 21 heavy (non-hydrogen) atoms. The highest BCUT2D eigenvalue weighted by Gasteiger charge is 2.29. The van der Waals surface area contributed by atoms with Crippen LogP contribution in [0, 0.1) is 5.92 Å². The van der Waals surface area contributed by atoms with E-state index in [1.165, 1.54) is 6.42 Å². The van der Waals surface area contributed by atoms with E-state index in [0.29, 0.717) is 10.9 Å². The van der Waals surface area contributed by atoms with Crippen LogP contribution in [0.3, 0.4) is 0 Å². The number of carbonyl (C=O) groups is 1. The highest BCUT2D eigenvalue weighted by atomic mass is 35.5. The van der Waals surface area contributed by atoms with Crippen molar-refractivity contribution >= 4 is 17.5 Å². The lowest BCUT2D eigenvalue weighted by atomic mass is 9.99. The van der Waals surface area contributed by atoms with E-state index < -0.39 is 0 Å². The van der Waals surface area contributed by atoms with Crippen molar-refractivity contribution in [1.29, 1.82) is 0 Å². The van der Waals surface area contributed by atoms with Crippen molar-refractivity contribution in [1.82, 2.24) is 9.80 Å². The van der Waals surface area contributed by atoms with Gasteiger partial charge in [-0.15, -0.1) is 0 Å². The van der Waals surface area contributed by atoms with E-state index in [0.717, 1.165) is 31.7 Å². The lowest BCUT2D eigenvalue weighted by Gasteiger charge is -2.40. The van der Waals surface area contributed by atoms with Crippen molar-refractivity contribution in [3.8, 4) is 0 Å². The summed E-state index contributed by atoms with van der Waals surface area (Å²) in [7, 11) is 0. The predicted octanol–water partition coefficient (Wildman–Crippen LogP) is 3.53. The first kappa shape index (κ1) is 16.3. The third kappa shape index (κ3) is 3.98. The van der Waals surface area contributed by atoms with Gasteiger partial charge in [0.2, 0.25) is 0 Å². The minimum Gasteiger partial charge on any atom is -0.334 e. The molecule has 0 spiro atoms. The molecule has 1 aromatic carbocycles. The molecule has 0 radical (unpaired) electrons. The number of nitrogens with zero attached hydrogens (tertiary/aromatic N) is 2. The number of likely N-dealkylation sites (tertiary alicyclic amines) is 1. The largest absolute Gasteiger partial charge is 0.334 e. The maximum absolute atomic E-state index is 12.8. The number of rotatable bonds is 6. The molecule has 1 heterocycles. The summed E-state index contributed by atoms with van der Waals surface area (Å²) in [5.41, 5.74) is 0.718. The molecule has 2 rings (SSSR count). The second-order valence-electron chi connectivity index (χ2n) is 6.06. The van der Waals surface area contributed by atoms with E-state index in [9.17, 15) is 4.79 Å². The third-order valence-electron chi connectivity index (χ3n) is 4.26. The van der Waals surface area contributed by atoms with Crippen LogP contribution < -0.4 is 0 Å². The summed E-state index contributed by atoms with van der Waals surface area (Å²) < 4.78 is 0. The minimum atomic E-state index is 0.105. The summed E-state index contributed by atoms with van der Waals surface area (Å²) in [6, 6.07) is 7.45. The Labute approximate surface area is 132 Å². The Kier molecular flexibility index (Phi) is 5.65. The molecule has 4 heteroatoms. The zero-order valence-electron chi connectivity index (χ0n) is 13.2. The molecule has 1 atom stereocenters. The molecule has 1 fully saturated rings. The molecule has 1 amide bonds. The quantitative estimate of drug-likeness (QED) is 0.802. The zero-order valence-corrected chi connectivity index (χ0v) is 13.9.